The number of likely N-dealkylation sites (tertiary alicyclic amines) is 1. The van der Waals surface area contributed by atoms with Crippen LogP contribution in [0.4, 0.5) is 0 Å². The zero-order valence-electron chi connectivity index (χ0n) is 16.4. The summed E-state index contributed by atoms with van der Waals surface area (Å²) in [6.07, 6.45) is 3.66. The zero-order chi connectivity index (χ0) is 19.6. The number of piperidine rings is 1. The number of ether oxygens (including phenoxy) is 2. The minimum absolute atomic E-state index is 0.0370. The van der Waals surface area contributed by atoms with Gasteiger partial charge >= 0.3 is 0 Å². The van der Waals surface area contributed by atoms with Crippen molar-refractivity contribution in [1.29, 1.82) is 0 Å². The number of amides is 1. The van der Waals surface area contributed by atoms with E-state index in [1.165, 1.54) is 5.56 Å². The first-order valence-corrected chi connectivity index (χ1v) is 10.1. The Morgan fingerprint density at radius 2 is 1.75 bits per heavy atom. The molecule has 1 aliphatic rings. The maximum Gasteiger partial charge on any atom is 0.260 e. The second kappa shape index (κ2) is 10.8. The van der Waals surface area contributed by atoms with Crippen molar-refractivity contribution in [3.05, 3.63) is 65.7 Å². The number of carbonyl (C=O) groups is 1. The fraction of sp³-hybridized carbons (Fsp3) is 0.435. The highest BCUT2D eigenvalue weighted by atomic mass is 16.5. The predicted octanol–water partition coefficient (Wildman–Crippen LogP) is 3.01. The average molecular weight is 383 g/mol. The van der Waals surface area contributed by atoms with Crippen LogP contribution in [-0.2, 0) is 16.0 Å². The van der Waals surface area contributed by atoms with Gasteiger partial charge in [-0.1, -0.05) is 48.5 Å². The van der Waals surface area contributed by atoms with Crippen LogP contribution in [0.15, 0.2) is 54.6 Å². The summed E-state index contributed by atoms with van der Waals surface area (Å²) in [6.45, 7) is 2.88. The monoisotopic (exact) mass is 382 g/mol. The van der Waals surface area contributed by atoms with E-state index in [1.807, 2.05) is 41.3 Å². The van der Waals surface area contributed by atoms with Crippen LogP contribution in [0.5, 0.6) is 5.75 Å². The Morgan fingerprint density at radius 3 is 2.50 bits per heavy atom. The molecular formula is C23H30N2O3. The lowest BCUT2D eigenvalue weighted by Crippen LogP contribution is -2.43. The summed E-state index contributed by atoms with van der Waals surface area (Å²) in [5, 5.41) is 0. The van der Waals surface area contributed by atoms with Gasteiger partial charge in [0.1, 0.15) is 5.75 Å². The van der Waals surface area contributed by atoms with Crippen molar-refractivity contribution in [3.63, 3.8) is 0 Å². The summed E-state index contributed by atoms with van der Waals surface area (Å²) in [5.74, 6) is 0.814. The molecular weight excluding hydrogens is 352 g/mol. The molecule has 0 atom stereocenters. The largest absolute Gasteiger partial charge is 0.483 e. The van der Waals surface area contributed by atoms with E-state index < -0.39 is 0 Å². The maximum absolute atomic E-state index is 12.6. The molecule has 0 spiro atoms. The van der Waals surface area contributed by atoms with Gasteiger partial charge in [-0.2, -0.15) is 0 Å². The first kappa shape index (κ1) is 20.4. The number of para-hydroxylation sites is 1. The van der Waals surface area contributed by atoms with Crippen LogP contribution < -0.4 is 10.5 Å². The van der Waals surface area contributed by atoms with Crippen molar-refractivity contribution in [2.24, 2.45) is 5.73 Å². The minimum atomic E-state index is 0.0370. The minimum Gasteiger partial charge on any atom is -0.483 e. The number of rotatable bonds is 9. The van der Waals surface area contributed by atoms with Gasteiger partial charge in [0.15, 0.2) is 6.61 Å². The first-order chi connectivity index (χ1) is 13.8. The molecule has 2 N–H and O–H groups in total. The molecule has 0 bridgehead atoms. The van der Waals surface area contributed by atoms with Crippen LogP contribution in [0.1, 0.15) is 30.4 Å². The highest BCUT2D eigenvalue weighted by molar-refractivity contribution is 5.77. The molecule has 0 radical (unpaired) electrons. The van der Waals surface area contributed by atoms with Gasteiger partial charge in [0.2, 0.25) is 0 Å². The van der Waals surface area contributed by atoms with Gasteiger partial charge in [-0.05, 0) is 43.0 Å². The van der Waals surface area contributed by atoms with Crippen molar-refractivity contribution < 1.29 is 14.3 Å². The van der Waals surface area contributed by atoms with Crippen molar-refractivity contribution in [3.8, 4) is 5.75 Å². The van der Waals surface area contributed by atoms with Crippen LogP contribution in [0.25, 0.3) is 0 Å². The zero-order valence-corrected chi connectivity index (χ0v) is 16.4. The summed E-state index contributed by atoms with van der Waals surface area (Å²) in [6, 6.07) is 18.2. The van der Waals surface area contributed by atoms with Crippen molar-refractivity contribution in [2.45, 2.75) is 31.8 Å². The number of hydrogen-bond acceptors (Lipinski definition) is 4. The number of hydrogen-bond donors (Lipinski definition) is 1. The lowest BCUT2D eigenvalue weighted by atomic mass is 10.0. The molecule has 2 aromatic carbocycles. The lowest BCUT2D eigenvalue weighted by molar-refractivity contribution is -0.136. The standard InChI is InChI=1S/C23H30N2O3/c24-13-6-16-27-21-11-14-25(15-12-21)23(26)18-28-22-10-5-4-9-20(22)17-19-7-2-1-3-8-19/h1-5,7-10,21H,6,11-18,24H2. The molecule has 1 aliphatic heterocycles. The molecule has 0 unspecified atom stereocenters. The Kier molecular flexibility index (Phi) is 7.88. The van der Waals surface area contributed by atoms with Crippen molar-refractivity contribution in [2.75, 3.05) is 32.8 Å². The van der Waals surface area contributed by atoms with E-state index in [-0.39, 0.29) is 18.6 Å². The normalized spacial score (nSPS) is 14.8. The second-order valence-electron chi connectivity index (χ2n) is 7.15. The van der Waals surface area contributed by atoms with Crippen LogP contribution in [0, 0.1) is 0 Å². The van der Waals surface area contributed by atoms with Crippen LogP contribution in [-0.4, -0.2) is 49.8 Å². The topological polar surface area (TPSA) is 64.8 Å². The molecule has 5 nitrogen and oxygen atoms in total. The maximum atomic E-state index is 12.6. The van der Waals surface area contributed by atoms with E-state index in [1.54, 1.807) is 0 Å². The third-order valence-corrected chi connectivity index (χ3v) is 5.06. The van der Waals surface area contributed by atoms with Gasteiger partial charge in [0.25, 0.3) is 5.91 Å². The Bertz CT molecular complexity index is 728. The van der Waals surface area contributed by atoms with E-state index in [0.717, 1.165) is 50.1 Å². The SMILES string of the molecule is NCCCOC1CCN(C(=O)COc2ccccc2Cc2ccccc2)CC1. The second-order valence-corrected chi connectivity index (χ2v) is 7.15. The first-order valence-electron chi connectivity index (χ1n) is 10.1. The van der Waals surface area contributed by atoms with Crippen molar-refractivity contribution in [1.82, 2.24) is 4.90 Å². The van der Waals surface area contributed by atoms with Crippen molar-refractivity contribution >= 4 is 5.91 Å². The number of carbonyl (C=O) groups excluding carboxylic acids is 1. The Balaban J connectivity index is 1.48. The van der Waals surface area contributed by atoms with Gasteiger partial charge in [-0.3, -0.25) is 4.79 Å². The summed E-state index contributed by atoms with van der Waals surface area (Å²) in [5.41, 5.74) is 7.81. The van der Waals surface area contributed by atoms with Gasteiger partial charge in [0, 0.05) is 26.1 Å². The third kappa shape index (κ3) is 6.08. The molecule has 1 fully saturated rings. The highest BCUT2D eigenvalue weighted by Gasteiger charge is 2.23. The fourth-order valence-corrected chi connectivity index (χ4v) is 3.44. The van der Waals surface area contributed by atoms with E-state index in [4.69, 9.17) is 15.2 Å². The summed E-state index contributed by atoms with van der Waals surface area (Å²) < 4.78 is 11.7. The van der Waals surface area contributed by atoms with Gasteiger partial charge in [0.05, 0.1) is 6.10 Å². The van der Waals surface area contributed by atoms with Gasteiger partial charge in [-0.15, -0.1) is 0 Å². The smallest absolute Gasteiger partial charge is 0.260 e. The van der Waals surface area contributed by atoms with E-state index in [9.17, 15) is 4.79 Å². The molecule has 0 saturated carbocycles. The molecule has 1 saturated heterocycles. The molecule has 150 valence electrons. The van der Waals surface area contributed by atoms with E-state index in [2.05, 4.69) is 18.2 Å². The molecule has 1 heterocycles. The summed E-state index contributed by atoms with van der Waals surface area (Å²) in [4.78, 5) is 14.4. The fourth-order valence-electron chi connectivity index (χ4n) is 3.44. The summed E-state index contributed by atoms with van der Waals surface area (Å²) >= 11 is 0. The Labute approximate surface area is 167 Å². The molecule has 5 heteroatoms. The highest BCUT2D eigenvalue weighted by Crippen LogP contribution is 2.22. The van der Waals surface area contributed by atoms with E-state index in [0.29, 0.717) is 13.2 Å². The number of nitrogens with two attached hydrogens (primary N) is 1. The van der Waals surface area contributed by atoms with Crippen LogP contribution in [0.3, 0.4) is 0 Å². The quantitative estimate of drug-likeness (QED) is 0.677. The average Bonchev–Trinajstić information content (AvgIpc) is 2.74. The molecule has 1 amide bonds. The number of nitrogens with zero attached hydrogens (tertiary/aromatic N) is 1. The third-order valence-electron chi connectivity index (χ3n) is 5.06. The lowest BCUT2D eigenvalue weighted by Gasteiger charge is -2.32. The van der Waals surface area contributed by atoms with Gasteiger partial charge < -0.3 is 20.1 Å². The molecule has 0 aromatic heterocycles. The van der Waals surface area contributed by atoms with Crippen LogP contribution >= 0.6 is 0 Å². The molecule has 28 heavy (non-hydrogen) atoms. The molecule has 3 rings (SSSR count). The van der Waals surface area contributed by atoms with Gasteiger partial charge in [-0.25, -0.2) is 0 Å². The van der Waals surface area contributed by atoms with Crippen LogP contribution in [0.2, 0.25) is 0 Å². The number of benzene rings is 2. The summed E-state index contributed by atoms with van der Waals surface area (Å²) in [7, 11) is 0. The Hall–Kier alpha value is -2.37. The predicted molar refractivity (Wildman–Crippen MR) is 110 cm³/mol. The molecule has 0 aliphatic carbocycles. The molecule has 2 aromatic rings. The Morgan fingerprint density at radius 1 is 1.04 bits per heavy atom. The van der Waals surface area contributed by atoms with E-state index >= 15 is 0 Å².